The van der Waals surface area contributed by atoms with Crippen molar-refractivity contribution in [2.24, 2.45) is 5.92 Å². The highest BCUT2D eigenvalue weighted by atomic mass is 32.2. The molecular weight excluding hydrogens is 256 g/mol. The molecule has 3 nitrogen and oxygen atoms in total. The molecule has 4 heteroatoms. The van der Waals surface area contributed by atoms with Crippen molar-refractivity contribution in [1.82, 2.24) is 5.32 Å². The lowest BCUT2D eigenvalue weighted by Gasteiger charge is -2.22. The number of benzene rings is 1. The molecule has 1 atom stereocenters. The molecule has 1 N–H and O–H groups in total. The van der Waals surface area contributed by atoms with Crippen LogP contribution >= 0.6 is 11.8 Å². The van der Waals surface area contributed by atoms with Crippen LogP contribution in [0.25, 0.3) is 0 Å². The number of rotatable bonds is 6. The predicted molar refractivity (Wildman–Crippen MR) is 77.5 cm³/mol. The van der Waals surface area contributed by atoms with Crippen LogP contribution in [0.4, 0.5) is 0 Å². The van der Waals surface area contributed by atoms with Crippen LogP contribution in [0, 0.1) is 17.2 Å². The maximum atomic E-state index is 11.9. The molecule has 0 saturated heterocycles. The van der Waals surface area contributed by atoms with E-state index in [1.165, 1.54) is 5.56 Å². The smallest absolute Gasteiger partial charge is 0.231 e. The average Bonchev–Trinajstić information content (AvgIpc) is 3.24. The lowest BCUT2D eigenvalue weighted by Crippen LogP contribution is -2.47. The summed E-state index contributed by atoms with van der Waals surface area (Å²) < 4.78 is 0. The Labute approximate surface area is 118 Å². The number of carbonyl (C=O) groups is 1. The molecule has 1 aliphatic carbocycles. The normalized spacial score (nSPS) is 17.3. The van der Waals surface area contributed by atoms with Crippen LogP contribution in [0.1, 0.15) is 25.3 Å². The molecule has 1 aliphatic rings. The third-order valence-corrected chi connectivity index (χ3v) is 4.37. The van der Waals surface area contributed by atoms with E-state index >= 15 is 0 Å². The standard InChI is InChI=1S/C15H18N2OS/c1-15(11-16,13-7-8-13)17-14(18)10-19-9-12-5-3-2-4-6-12/h2-6,13H,7-10H2,1H3,(H,17,18)/t15-/m1/s1. The first kappa shape index (κ1) is 14.0. The Morgan fingerprint density at radius 3 is 2.74 bits per heavy atom. The number of nitrogens with one attached hydrogen (secondary N) is 1. The SMILES string of the molecule is C[C@](C#N)(NC(=O)CSCc1ccccc1)C1CC1. The summed E-state index contributed by atoms with van der Waals surface area (Å²) in [5.41, 5.74) is 0.537. The molecule has 1 fully saturated rings. The number of thioether (sulfide) groups is 1. The van der Waals surface area contributed by atoms with Crippen LogP contribution in [0.2, 0.25) is 0 Å². The zero-order chi connectivity index (χ0) is 13.7. The van der Waals surface area contributed by atoms with Gasteiger partial charge in [-0.3, -0.25) is 4.79 Å². The molecule has 2 rings (SSSR count). The molecule has 0 heterocycles. The second-order valence-corrected chi connectivity index (χ2v) is 6.10. The number of amides is 1. The zero-order valence-electron chi connectivity index (χ0n) is 11.1. The van der Waals surface area contributed by atoms with Gasteiger partial charge in [0.25, 0.3) is 0 Å². The Morgan fingerprint density at radius 1 is 1.47 bits per heavy atom. The van der Waals surface area contributed by atoms with E-state index in [1.807, 2.05) is 25.1 Å². The predicted octanol–water partition coefficient (Wildman–Crippen LogP) is 2.73. The molecule has 1 aromatic carbocycles. The summed E-state index contributed by atoms with van der Waals surface area (Å²) in [4.78, 5) is 11.9. The zero-order valence-corrected chi connectivity index (χ0v) is 11.9. The van der Waals surface area contributed by atoms with Crippen molar-refractivity contribution in [2.45, 2.75) is 31.1 Å². The first-order valence-electron chi connectivity index (χ1n) is 6.48. The minimum Gasteiger partial charge on any atom is -0.337 e. The summed E-state index contributed by atoms with van der Waals surface area (Å²) in [7, 11) is 0. The van der Waals surface area contributed by atoms with Crippen molar-refractivity contribution in [3.05, 3.63) is 35.9 Å². The fourth-order valence-electron chi connectivity index (χ4n) is 2.04. The van der Waals surface area contributed by atoms with Gasteiger partial charge in [-0.25, -0.2) is 0 Å². The lowest BCUT2D eigenvalue weighted by molar-refractivity contribution is -0.119. The van der Waals surface area contributed by atoms with E-state index in [-0.39, 0.29) is 5.91 Å². The van der Waals surface area contributed by atoms with Gasteiger partial charge in [-0.05, 0) is 31.2 Å². The van der Waals surface area contributed by atoms with Crippen molar-refractivity contribution in [3.63, 3.8) is 0 Å². The van der Waals surface area contributed by atoms with Crippen LogP contribution in [0.15, 0.2) is 30.3 Å². The largest absolute Gasteiger partial charge is 0.337 e. The quantitative estimate of drug-likeness (QED) is 0.867. The van der Waals surface area contributed by atoms with Crippen molar-refractivity contribution in [3.8, 4) is 6.07 Å². The monoisotopic (exact) mass is 274 g/mol. The number of nitriles is 1. The fraction of sp³-hybridized carbons (Fsp3) is 0.467. The van der Waals surface area contributed by atoms with Crippen LogP contribution in [-0.2, 0) is 10.5 Å². The van der Waals surface area contributed by atoms with Crippen LogP contribution in [-0.4, -0.2) is 17.2 Å². The van der Waals surface area contributed by atoms with Crippen LogP contribution in [0.5, 0.6) is 0 Å². The van der Waals surface area contributed by atoms with Gasteiger partial charge >= 0.3 is 0 Å². The van der Waals surface area contributed by atoms with E-state index in [4.69, 9.17) is 0 Å². The van der Waals surface area contributed by atoms with Gasteiger partial charge in [0.05, 0.1) is 11.8 Å². The van der Waals surface area contributed by atoms with E-state index in [1.54, 1.807) is 11.8 Å². The van der Waals surface area contributed by atoms with E-state index in [9.17, 15) is 10.1 Å². The Morgan fingerprint density at radius 2 is 2.16 bits per heavy atom. The highest BCUT2D eigenvalue weighted by Gasteiger charge is 2.42. The van der Waals surface area contributed by atoms with Gasteiger partial charge in [0, 0.05) is 5.75 Å². The third kappa shape index (κ3) is 4.00. The highest BCUT2D eigenvalue weighted by Crippen LogP contribution is 2.39. The molecule has 0 spiro atoms. The summed E-state index contributed by atoms with van der Waals surface area (Å²) in [5, 5.41) is 12.0. The van der Waals surface area contributed by atoms with E-state index in [2.05, 4.69) is 23.5 Å². The van der Waals surface area contributed by atoms with Gasteiger partial charge < -0.3 is 5.32 Å². The van der Waals surface area contributed by atoms with Gasteiger partial charge in [0.15, 0.2) is 0 Å². The Kier molecular flexibility index (Phi) is 4.49. The molecule has 0 aliphatic heterocycles. The molecule has 1 amide bonds. The van der Waals surface area contributed by atoms with Crippen molar-refractivity contribution < 1.29 is 4.79 Å². The summed E-state index contributed by atoms with van der Waals surface area (Å²) >= 11 is 1.58. The van der Waals surface area contributed by atoms with Gasteiger partial charge in [0.2, 0.25) is 5.91 Å². The number of hydrogen-bond acceptors (Lipinski definition) is 3. The van der Waals surface area contributed by atoms with E-state index < -0.39 is 5.54 Å². The number of nitrogens with zero attached hydrogens (tertiary/aromatic N) is 1. The Balaban J connectivity index is 1.74. The van der Waals surface area contributed by atoms with Crippen molar-refractivity contribution >= 4 is 17.7 Å². The van der Waals surface area contributed by atoms with Crippen LogP contribution in [0.3, 0.4) is 0 Å². The molecule has 0 bridgehead atoms. The first-order chi connectivity index (χ1) is 9.14. The van der Waals surface area contributed by atoms with Crippen LogP contribution < -0.4 is 5.32 Å². The molecule has 1 aromatic rings. The van der Waals surface area contributed by atoms with E-state index in [0.29, 0.717) is 11.7 Å². The molecule has 0 radical (unpaired) electrons. The van der Waals surface area contributed by atoms with Gasteiger partial charge in [-0.15, -0.1) is 11.8 Å². The summed E-state index contributed by atoms with van der Waals surface area (Å²) in [6.07, 6.45) is 2.09. The summed E-state index contributed by atoms with van der Waals surface area (Å²) in [5.74, 6) is 1.51. The fourth-order valence-corrected chi connectivity index (χ4v) is 2.83. The van der Waals surface area contributed by atoms with Crippen molar-refractivity contribution in [2.75, 3.05) is 5.75 Å². The van der Waals surface area contributed by atoms with Gasteiger partial charge in [0.1, 0.15) is 5.54 Å². The van der Waals surface area contributed by atoms with Gasteiger partial charge in [-0.2, -0.15) is 5.26 Å². The van der Waals surface area contributed by atoms with E-state index in [0.717, 1.165) is 18.6 Å². The minimum atomic E-state index is -0.676. The molecular formula is C15H18N2OS. The van der Waals surface area contributed by atoms with Crippen molar-refractivity contribution in [1.29, 1.82) is 5.26 Å². The second-order valence-electron chi connectivity index (χ2n) is 5.12. The Bertz CT molecular complexity index is 479. The van der Waals surface area contributed by atoms with Gasteiger partial charge in [-0.1, -0.05) is 30.3 Å². The Hall–Kier alpha value is -1.47. The molecule has 100 valence electrons. The lowest BCUT2D eigenvalue weighted by atomic mass is 9.98. The average molecular weight is 274 g/mol. The summed E-state index contributed by atoms with van der Waals surface area (Å²) in [6, 6.07) is 12.3. The highest BCUT2D eigenvalue weighted by molar-refractivity contribution is 7.99. The first-order valence-corrected chi connectivity index (χ1v) is 7.63. The molecule has 0 aromatic heterocycles. The number of carbonyl (C=O) groups excluding carboxylic acids is 1. The third-order valence-electron chi connectivity index (χ3n) is 3.37. The summed E-state index contributed by atoms with van der Waals surface area (Å²) in [6.45, 7) is 1.82. The number of hydrogen-bond donors (Lipinski definition) is 1. The molecule has 1 saturated carbocycles. The topological polar surface area (TPSA) is 52.9 Å². The maximum absolute atomic E-state index is 11.9. The molecule has 0 unspecified atom stereocenters. The maximum Gasteiger partial charge on any atom is 0.231 e. The molecule has 19 heavy (non-hydrogen) atoms. The second kappa shape index (κ2) is 6.12. The minimum absolute atomic E-state index is 0.0446.